The van der Waals surface area contributed by atoms with Crippen molar-refractivity contribution in [2.45, 2.75) is 52.6 Å². The molecule has 0 aromatic heterocycles. The largest absolute Gasteiger partial charge is 0.459 e. The van der Waals surface area contributed by atoms with Crippen LogP contribution in [0, 0.1) is 20.2 Å². The third-order valence-electron chi connectivity index (χ3n) is 4.92. The molecule has 0 saturated carbocycles. The number of non-ortho nitro benzene ring substituents is 2. The van der Waals surface area contributed by atoms with Crippen LogP contribution in [0.4, 0.5) is 11.4 Å². The summed E-state index contributed by atoms with van der Waals surface area (Å²) in [7, 11) is -6.66. The summed E-state index contributed by atoms with van der Waals surface area (Å²) < 4.78 is 51.7. The van der Waals surface area contributed by atoms with E-state index in [0.29, 0.717) is 24.0 Å². The first-order valence-electron chi connectivity index (χ1n) is 12.0. The number of hydrogen-bond donors (Lipinski definition) is 0. The van der Waals surface area contributed by atoms with Crippen LogP contribution in [0.5, 0.6) is 0 Å². The summed E-state index contributed by atoms with van der Waals surface area (Å²) >= 11 is 0. The number of carbonyl (C=O) groups is 1. The molecule has 216 valence electrons. The van der Waals surface area contributed by atoms with Gasteiger partial charge in [0.2, 0.25) is 0 Å². The average Bonchev–Trinajstić information content (AvgIpc) is 2.81. The Bertz CT molecular complexity index is 1370. The van der Waals surface area contributed by atoms with E-state index in [1.54, 1.807) is 39.0 Å². The number of nitro groups is 2. The summed E-state index contributed by atoms with van der Waals surface area (Å²) in [5.74, 6) is -1.55. The minimum atomic E-state index is -3.63. The predicted molar refractivity (Wildman–Crippen MR) is 147 cm³/mol. The van der Waals surface area contributed by atoms with Gasteiger partial charge in [0.25, 0.3) is 11.4 Å². The molecule has 0 radical (unpaired) electrons. The Hall–Kier alpha value is -3.39. The maximum absolute atomic E-state index is 11.9. The SMILES string of the molecule is CC(C)(C)OC(=O)CS(=O)(=O)CCc1cccc([N+](=O)[O-])c1.CCCS(=O)(=O)CCc1cccc([N+](=O)[O-])c1. The Morgan fingerprint density at radius 2 is 1.23 bits per heavy atom. The molecule has 2 rings (SSSR count). The van der Waals surface area contributed by atoms with Crippen LogP contribution >= 0.6 is 0 Å². The molecule has 0 aliphatic heterocycles. The van der Waals surface area contributed by atoms with E-state index in [2.05, 4.69) is 0 Å². The number of nitrogens with zero attached hydrogens (tertiary/aromatic N) is 2. The van der Waals surface area contributed by atoms with Crippen LogP contribution in [0.3, 0.4) is 0 Å². The molecule has 0 unspecified atom stereocenters. The number of esters is 1. The number of nitro benzene ring substituents is 2. The molecule has 0 amide bonds. The molecule has 2 aromatic carbocycles. The van der Waals surface area contributed by atoms with Gasteiger partial charge in [-0.3, -0.25) is 25.0 Å². The van der Waals surface area contributed by atoms with Crippen LogP contribution in [0.2, 0.25) is 0 Å². The summed E-state index contributed by atoms with van der Waals surface area (Å²) in [6.45, 7) is 6.77. The highest BCUT2D eigenvalue weighted by atomic mass is 32.2. The maximum atomic E-state index is 11.9. The minimum absolute atomic E-state index is 0.00427. The van der Waals surface area contributed by atoms with Gasteiger partial charge >= 0.3 is 5.97 Å². The van der Waals surface area contributed by atoms with E-state index < -0.39 is 46.8 Å². The smallest absolute Gasteiger partial charge is 0.321 e. The van der Waals surface area contributed by atoms with E-state index in [0.717, 1.165) is 0 Å². The number of benzene rings is 2. The Kier molecular flexibility index (Phi) is 12.7. The molecule has 0 bridgehead atoms. The molecule has 2 aromatic rings. The van der Waals surface area contributed by atoms with Crippen LogP contribution in [0.15, 0.2) is 48.5 Å². The van der Waals surface area contributed by atoms with E-state index >= 15 is 0 Å². The van der Waals surface area contributed by atoms with Crippen LogP contribution < -0.4 is 0 Å². The molecule has 0 fully saturated rings. The fourth-order valence-corrected chi connectivity index (χ4v) is 5.72. The molecule has 0 aliphatic carbocycles. The predicted octanol–water partition coefficient (Wildman–Crippen LogP) is 3.86. The summed E-state index contributed by atoms with van der Waals surface area (Å²) in [5.41, 5.74) is 0.366. The van der Waals surface area contributed by atoms with Crippen molar-refractivity contribution in [1.29, 1.82) is 0 Å². The van der Waals surface area contributed by atoms with Crippen molar-refractivity contribution in [3.05, 3.63) is 79.9 Å². The normalized spacial score (nSPS) is 11.7. The first-order chi connectivity index (χ1) is 17.9. The lowest BCUT2D eigenvalue weighted by Gasteiger charge is -2.19. The molecule has 0 saturated heterocycles. The van der Waals surface area contributed by atoms with Gasteiger partial charge in [-0.05, 0) is 51.2 Å². The number of sulfone groups is 2. The van der Waals surface area contributed by atoms with Crippen LogP contribution in [-0.4, -0.2) is 61.3 Å². The van der Waals surface area contributed by atoms with E-state index in [1.807, 2.05) is 6.92 Å². The zero-order valence-corrected chi connectivity index (χ0v) is 24.0. The first kappa shape index (κ1) is 33.6. The second kappa shape index (κ2) is 14.7. The van der Waals surface area contributed by atoms with Gasteiger partial charge in [-0.2, -0.15) is 0 Å². The fraction of sp³-hybridized carbons (Fsp3) is 0.480. The van der Waals surface area contributed by atoms with Crippen molar-refractivity contribution in [3.8, 4) is 0 Å². The molecule has 0 N–H and O–H groups in total. The number of rotatable bonds is 12. The Labute approximate surface area is 228 Å². The standard InChI is InChI=1S/C14H19NO6S.C11H15NO4S/c1-14(2,3)21-13(16)10-22(19,20)8-7-11-5-4-6-12(9-11)15(17)18;1-2-7-17(15,16)8-6-10-4-3-5-11(9-10)12(13)14/h4-6,9H,7-8,10H2,1-3H3;3-5,9H,2,6-8H2,1H3. The molecular formula is C25H34N2O10S2. The summed E-state index contributed by atoms with van der Waals surface area (Å²) in [5, 5.41) is 21.2. The maximum Gasteiger partial charge on any atom is 0.321 e. The minimum Gasteiger partial charge on any atom is -0.459 e. The molecule has 0 spiro atoms. The molecule has 14 heteroatoms. The third-order valence-corrected chi connectivity index (χ3v) is 8.28. The van der Waals surface area contributed by atoms with Gasteiger partial charge in [0.1, 0.15) is 11.4 Å². The van der Waals surface area contributed by atoms with Gasteiger partial charge in [0.15, 0.2) is 19.7 Å². The number of ether oxygens (including phenoxy) is 1. The molecule has 0 heterocycles. The van der Waals surface area contributed by atoms with Gasteiger partial charge < -0.3 is 4.74 Å². The average molecular weight is 587 g/mol. The van der Waals surface area contributed by atoms with Crippen molar-refractivity contribution < 1.29 is 36.2 Å². The zero-order chi connectivity index (χ0) is 29.9. The van der Waals surface area contributed by atoms with Gasteiger partial charge in [-0.15, -0.1) is 0 Å². The van der Waals surface area contributed by atoms with Crippen LogP contribution in [-0.2, 0) is 42.0 Å². The molecular weight excluding hydrogens is 552 g/mol. The lowest BCUT2D eigenvalue weighted by atomic mass is 10.1. The second-order valence-electron chi connectivity index (χ2n) is 9.68. The number of hydrogen-bond acceptors (Lipinski definition) is 10. The van der Waals surface area contributed by atoms with Crippen LogP contribution in [0.1, 0.15) is 45.2 Å². The fourth-order valence-electron chi connectivity index (χ4n) is 3.23. The van der Waals surface area contributed by atoms with Crippen molar-refractivity contribution in [3.63, 3.8) is 0 Å². The summed E-state index contributed by atoms with van der Waals surface area (Å²) in [6, 6.07) is 11.8. The third kappa shape index (κ3) is 14.4. The van der Waals surface area contributed by atoms with E-state index in [1.165, 1.54) is 30.3 Å². The van der Waals surface area contributed by atoms with E-state index in [-0.39, 0.29) is 35.1 Å². The topological polar surface area (TPSA) is 181 Å². The molecule has 0 atom stereocenters. The quantitative estimate of drug-likeness (QED) is 0.201. The lowest BCUT2D eigenvalue weighted by molar-refractivity contribution is -0.385. The zero-order valence-electron chi connectivity index (χ0n) is 22.4. The monoisotopic (exact) mass is 586 g/mol. The summed E-state index contributed by atoms with van der Waals surface area (Å²) in [6.07, 6.45) is 1.02. The van der Waals surface area contributed by atoms with Gasteiger partial charge in [-0.25, -0.2) is 16.8 Å². The Morgan fingerprint density at radius 1 is 0.795 bits per heavy atom. The summed E-state index contributed by atoms with van der Waals surface area (Å²) in [4.78, 5) is 31.7. The molecule has 0 aliphatic rings. The molecule has 12 nitrogen and oxygen atoms in total. The Balaban J connectivity index is 0.000000403. The van der Waals surface area contributed by atoms with Crippen molar-refractivity contribution in [2.24, 2.45) is 0 Å². The Morgan fingerprint density at radius 3 is 1.62 bits per heavy atom. The lowest BCUT2D eigenvalue weighted by Crippen LogP contribution is -2.29. The van der Waals surface area contributed by atoms with E-state index in [4.69, 9.17) is 4.74 Å². The van der Waals surface area contributed by atoms with Gasteiger partial charge in [0.05, 0.1) is 21.4 Å². The number of aryl methyl sites for hydroxylation is 2. The van der Waals surface area contributed by atoms with Crippen LogP contribution in [0.25, 0.3) is 0 Å². The molecule has 39 heavy (non-hydrogen) atoms. The van der Waals surface area contributed by atoms with Crippen molar-refractivity contribution in [1.82, 2.24) is 0 Å². The van der Waals surface area contributed by atoms with Gasteiger partial charge in [0, 0.05) is 30.0 Å². The second-order valence-corrected chi connectivity index (χ2v) is 14.2. The van der Waals surface area contributed by atoms with Crippen molar-refractivity contribution >= 4 is 37.0 Å². The van der Waals surface area contributed by atoms with E-state index in [9.17, 15) is 41.9 Å². The first-order valence-corrected chi connectivity index (χ1v) is 15.7. The number of carbonyl (C=O) groups excluding carboxylic acids is 1. The highest BCUT2D eigenvalue weighted by Crippen LogP contribution is 2.15. The van der Waals surface area contributed by atoms with Crippen molar-refractivity contribution in [2.75, 3.05) is 23.0 Å². The highest BCUT2D eigenvalue weighted by molar-refractivity contribution is 7.92. The highest BCUT2D eigenvalue weighted by Gasteiger charge is 2.23. The van der Waals surface area contributed by atoms with Gasteiger partial charge in [-0.1, -0.05) is 31.2 Å².